The summed E-state index contributed by atoms with van der Waals surface area (Å²) in [5.74, 6) is 1.41. The molecule has 2 fully saturated rings. The van der Waals surface area contributed by atoms with Crippen LogP contribution in [0.3, 0.4) is 0 Å². The van der Waals surface area contributed by atoms with Crippen molar-refractivity contribution in [2.45, 2.75) is 18.9 Å². The summed E-state index contributed by atoms with van der Waals surface area (Å²) in [6.07, 6.45) is 4.20. The van der Waals surface area contributed by atoms with E-state index in [2.05, 4.69) is 19.8 Å². The van der Waals surface area contributed by atoms with E-state index in [-0.39, 0.29) is 0 Å². The number of morpholine rings is 1. The predicted octanol–water partition coefficient (Wildman–Crippen LogP) is 0.786. The molecule has 1 atom stereocenters. The third kappa shape index (κ3) is 3.02. The molecule has 20 heavy (non-hydrogen) atoms. The van der Waals surface area contributed by atoms with E-state index in [4.69, 9.17) is 9.47 Å². The van der Waals surface area contributed by atoms with Crippen LogP contribution in [0.5, 0.6) is 5.88 Å². The Hall–Kier alpha value is -1.40. The standard InChI is InChI=1S/C14H22N4O2/c1-19-13-4-5-15-14(16-13)18-6-2-3-12(11-18)17-7-9-20-10-8-17/h4-5,12H,2-3,6-11H2,1H3. The Morgan fingerprint density at radius 3 is 2.95 bits per heavy atom. The Morgan fingerprint density at radius 2 is 2.15 bits per heavy atom. The molecule has 3 heterocycles. The number of methoxy groups -OCH3 is 1. The molecule has 2 saturated heterocycles. The van der Waals surface area contributed by atoms with E-state index in [0.717, 1.165) is 45.3 Å². The first-order valence-electron chi connectivity index (χ1n) is 7.30. The number of aromatic nitrogens is 2. The van der Waals surface area contributed by atoms with Crippen molar-refractivity contribution in [1.29, 1.82) is 0 Å². The van der Waals surface area contributed by atoms with Crippen LogP contribution in [-0.4, -0.2) is 67.4 Å². The Balaban J connectivity index is 1.67. The van der Waals surface area contributed by atoms with E-state index in [9.17, 15) is 0 Å². The number of hydrogen-bond acceptors (Lipinski definition) is 6. The van der Waals surface area contributed by atoms with Crippen molar-refractivity contribution in [3.05, 3.63) is 12.3 Å². The lowest BCUT2D eigenvalue weighted by Gasteiger charge is -2.40. The van der Waals surface area contributed by atoms with Crippen LogP contribution < -0.4 is 9.64 Å². The van der Waals surface area contributed by atoms with E-state index in [1.807, 2.05) is 0 Å². The number of ether oxygens (including phenoxy) is 2. The molecule has 0 aromatic carbocycles. The van der Waals surface area contributed by atoms with Crippen molar-refractivity contribution < 1.29 is 9.47 Å². The minimum atomic E-state index is 0.586. The zero-order valence-corrected chi connectivity index (χ0v) is 12.0. The van der Waals surface area contributed by atoms with Gasteiger partial charge in [0.25, 0.3) is 0 Å². The molecule has 2 aliphatic rings. The molecule has 2 aliphatic heterocycles. The van der Waals surface area contributed by atoms with Gasteiger partial charge in [0.1, 0.15) is 0 Å². The van der Waals surface area contributed by atoms with E-state index >= 15 is 0 Å². The second-order valence-corrected chi connectivity index (χ2v) is 5.29. The average Bonchev–Trinajstić information content (AvgIpc) is 2.56. The highest BCUT2D eigenvalue weighted by Crippen LogP contribution is 2.21. The van der Waals surface area contributed by atoms with Crippen LogP contribution in [0.2, 0.25) is 0 Å². The fraction of sp³-hybridized carbons (Fsp3) is 0.714. The first kappa shape index (κ1) is 13.6. The lowest BCUT2D eigenvalue weighted by molar-refractivity contribution is 0.0136. The van der Waals surface area contributed by atoms with Gasteiger partial charge in [0.2, 0.25) is 11.8 Å². The summed E-state index contributed by atoms with van der Waals surface area (Å²) in [5.41, 5.74) is 0. The van der Waals surface area contributed by atoms with Crippen molar-refractivity contribution >= 4 is 5.95 Å². The molecule has 0 N–H and O–H groups in total. The fourth-order valence-corrected chi connectivity index (χ4v) is 2.98. The highest BCUT2D eigenvalue weighted by molar-refractivity contribution is 5.33. The van der Waals surface area contributed by atoms with E-state index in [1.54, 1.807) is 19.4 Å². The molecule has 0 amide bonds. The SMILES string of the molecule is COc1ccnc(N2CCCC(N3CCOCC3)C2)n1. The van der Waals surface area contributed by atoms with E-state index in [1.165, 1.54) is 12.8 Å². The summed E-state index contributed by atoms with van der Waals surface area (Å²) < 4.78 is 10.6. The minimum Gasteiger partial charge on any atom is -0.481 e. The van der Waals surface area contributed by atoms with Gasteiger partial charge in [-0.15, -0.1) is 0 Å². The Kier molecular flexibility index (Phi) is 4.32. The van der Waals surface area contributed by atoms with Crippen LogP contribution in [0.25, 0.3) is 0 Å². The van der Waals surface area contributed by atoms with Crippen LogP contribution in [0, 0.1) is 0 Å². The third-order valence-corrected chi connectivity index (χ3v) is 4.07. The zero-order valence-electron chi connectivity index (χ0n) is 12.0. The fourth-order valence-electron chi connectivity index (χ4n) is 2.98. The van der Waals surface area contributed by atoms with Crippen LogP contribution in [0.4, 0.5) is 5.95 Å². The highest BCUT2D eigenvalue weighted by Gasteiger charge is 2.27. The number of hydrogen-bond donors (Lipinski definition) is 0. The van der Waals surface area contributed by atoms with Gasteiger partial charge in [0.05, 0.1) is 20.3 Å². The molecular formula is C14H22N4O2. The Morgan fingerprint density at radius 1 is 1.30 bits per heavy atom. The molecule has 0 bridgehead atoms. The lowest BCUT2D eigenvalue weighted by Crippen LogP contribution is -2.52. The van der Waals surface area contributed by atoms with E-state index in [0.29, 0.717) is 11.9 Å². The van der Waals surface area contributed by atoms with Gasteiger partial charge < -0.3 is 14.4 Å². The maximum Gasteiger partial charge on any atom is 0.228 e. The molecule has 0 spiro atoms. The molecule has 1 unspecified atom stereocenters. The van der Waals surface area contributed by atoms with Gasteiger partial charge in [-0.25, -0.2) is 4.98 Å². The first-order valence-corrected chi connectivity index (χ1v) is 7.30. The van der Waals surface area contributed by atoms with Crippen LogP contribution in [0.1, 0.15) is 12.8 Å². The molecule has 0 saturated carbocycles. The zero-order chi connectivity index (χ0) is 13.8. The van der Waals surface area contributed by atoms with Gasteiger partial charge in [-0.3, -0.25) is 4.90 Å². The van der Waals surface area contributed by atoms with Crippen molar-refractivity contribution in [3.63, 3.8) is 0 Å². The summed E-state index contributed by atoms with van der Waals surface area (Å²) >= 11 is 0. The highest BCUT2D eigenvalue weighted by atomic mass is 16.5. The maximum absolute atomic E-state index is 5.44. The first-order chi connectivity index (χ1) is 9.86. The van der Waals surface area contributed by atoms with Gasteiger partial charge in [-0.1, -0.05) is 0 Å². The molecule has 110 valence electrons. The summed E-state index contributed by atoms with van der Waals surface area (Å²) in [6.45, 7) is 5.80. The van der Waals surface area contributed by atoms with E-state index < -0.39 is 0 Å². The van der Waals surface area contributed by atoms with Crippen molar-refractivity contribution in [2.24, 2.45) is 0 Å². The maximum atomic E-state index is 5.44. The predicted molar refractivity (Wildman–Crippen MR) is 76.2 cm³/mol. The second kappa shape index (κ2) is 6.37. The van der Waals surface area contributed by atoms with Crippen molar-refractivity contribution in [3.8, 4) is 5.88 Å². The molecular weight excluding hydrogens is 256 g/mol. The lowest BCUT2D eigenvalue weighted by atomic mass is 10.0. The monoisotopic (exact) mass is 278 g/mol. The van der Waals surface area contributed by atoms with Gasteiger partial charge in [0.15, 0.2) is 0 Å². The Labute approximate surface area is 119 Å². The van der Waals surface area contributed by atoms with Gasteiger partial charge in [0, 0.05) is 44.5 Å². The van der Waals surface area contributed by atoms with Gasteiger partial charge >= 0.3 is 0 Å². The molecule has 6 heteroatoms. The number of rotatable bonds is 3. The summed E-state index contributed by atoms with van der Waals surface area (Å²) in [5, 5.41) is 0. The number of piperidine rings is 1. The average molecular weight is 278 g/mol. The molecule has 6 nitrogen and oxygen atoms in total. The van der Waals surface area contributed by atoms with Crippen molar-refractivity contribution in [1.82, 2.24) is 14.9 Å². The minimum absolute atomic E-state index is 0.586. The number of anilines is 1. The van der Waals surface area contributed by atoms with Crippen LogP contribution in [0.15, 0.2) is 12.3 Å². The van der Waals surface area contributed by atoms with Gasteiger partial charge in [-0.05, 0) is 12.8 Å². The summed E-state index contributed by atoms with van der Waals surface area (Å²) in [7, 11) is 1.64. The topological polar surface area (TPSA) is 50.7 Å². The normalized spacial score (nSPS) is 24.6. The molecule has 1 aromatic rings. The molecule has 3 rings (SSSR count). The Bertz CT molecular complexity index is 437. The quantitative estimate of drug-likeness (QED) is 0.814. The van der Waals surface area contributed by atoms with Crippen LogP contribution >= 0.6 is 0 Å². The van der Waals surface area contributed by atoms with Crippen LogP contribution in [-0.2, 0) is 4.74 Å². The molecule has 1 aromatic heterocycles. The second-order valence-electron chi connectivity index (χ2n) is 5.29. The largest absolute Gasteiger partial charge is 0.481 e. The van der Waals surface area contributed by atoms with Gasteiger partial charge in [-0.2, -0.15) is 4.98 Å². The summed E-state index contributed by atoms with van der Waals surface area (Å²) in [4.78, 5) is 13.6. The molecule has 0 radical (unpaired) electrons. The number of nitrogens with zero attached hydrogens (tertiary/aromatic N) is 4. The summed E-state index contributed by atoms with van der Waals surface area (Å²) in [6, 6.07) is 2.37. The smallest absolute Gasteiger partial charge is 0.228 e. The molecule has 0 aliphatic carbocycles. The van der Waals surface area contributed by atoms with Crippen molar-refractivity contribution in [2.75, 3.05) is 51.4 Å². The third-order valence-electron chi connectivity index (χ3n) is 4.07.